The molecule has 0 aromatic heterocycles. The second kappa shape index (κ2) is 29.1. The summed E-state index contributed by atoms with van der Waals surface area (Å²) in [6.07, 6.45) is 21.1. The molecule has 1 amide bonds. The average Bonchev–Trinajstić information content (AvgIpc) is 3.05. The first-order valence-electron chi connectivity index (χ1n) is 19.2. The fraction of sp³-hybridized carbons (Fsp3) is 0.973. The SMILES string of the molecule is CCCCCCCCCCCCCC[C@@H](O)[C@H](CO[C@@H]1O[C@H](CO)[C@H](O)C(O)C1O)NC(=O)CCCCCCCCCCCCC. The predicted molar refractivity (Wildman–Crippen MR) is 184 cm³/mol. The van der Waals surface area contributed by atoms with E-state index in [0.29, 0.717) is 12.8 Å². The molecule has 0 spiro atoms. The number of ether oxygens (including phenoxy) is 2. The number of unbranched alkanes of at least 4 members (excludes halogenated alkanes) is 21. The van der Waals surface area contributed by atoms with Crippen molar-refractivity contribution in [2.24, 2.45) is 0 Å². The van der Waals surface area contributed by atoms with Crippen molar-refractivity contribution in [3.63, 3.8) is 0 Å². The largest absolute Gasteiger partial charge is 0.394 e. The van der Waals surface area contributed by atoms with E-state index in [0.717, 1.165) is 38.5 Å². The van der Waals surface area contributed by atoms with Gasteiger partial charge >= 0.3 is 0 Å². The summed E-state index contributed by atoms with van der Waals surface area (Å²) in [5, 5.41) is 54.0. The number of rotatable bonds is 31. The third-order valence-electron chi connectivity index (χ3n) is 9.46. The molecule has 0 aromatic carbocycles. The Balaban J connectivity index is 2.43. The first-order valence-corrected chi connectivity index (χ1v) is 19.2. The van der Waals surface area contributed by atoms with Gasteiger partial charge in [-0.05, 0) is 12.8 Å². The second-order valence-corrected chi connectivity index (χ2v) is 13.7. The summed E-state index contributed by atoms with van der Waals surface area (Å²) in [6, 6.07) is -0.708. The molecule has 9 heteroatoms. The molecule has 0 bridgehead atoms. The van der Waals surface area contributed by atoms with E-state index in [1.54, 1.807) is 0 Å². The molecule has 7 atom stereocenters. The fourth-order valence-electron chi connectivity index (χ4n) is 6.28. The van der Waals surface area contributed by atoms with Gasteiger partial charge in [-0.3, -0.25) is 4.79 Å². The summed E-state index contributed by atoms with van der Waals surface area (Å²) in [7, 11) is 0. The van der Waals surface area contributed by atoms with Gasteiger partial charge in [0.05, 0.1) is 25.4 Å². The maximum absolute atomic E-state index is 12.8. The van der Waals surface area contributed by atoms with Gasteiger partial charge in [0.2, 0.25) is 5.91 Å². The topological polar surface area (TPSA) is 149 Å². The van der Waals surface area contributed by atoms with Crippen LogP contribution in [0.1, 0.15) is 174 Å². The van der Waals surface area contributed by atoms with E-state index in [1.165, 1.54) is 109 Å². The Kier molecular flexibility index (Phi) is 27.4. The Bertz CT molecular complexity index is 696. The number of aliphatic hydroxyl groups excluding tert-OH is 5. The minimum atomic E-state index is -1.55. The summed E-state index contributed by atoms with van der Waals surface area (Å²) in [5.41, 5.74) is 0. The van der Waals surface area contributed by atoms with E-state index in [2.05, 4.69) is 19.2 Å². The molecule has 46 heavy (non-hydrogen) atoms. The number of amides is 1. The fourth-order valence-corrected chi connectivity index (χ4v) is 6.28. The molecule has 0 aromatic rings. The van der Waals surface area contributed by atoms with Gasteiger partial charge < -0.3 is 40.3 Å². The van der Waals surface area contributed by atoms with Gasteiger partial charge in [0.25, 0.3) is 0 Å². The van der Waals surface area contributed by atoms with Crippen molar-refractivity contribution < 1.29 is 39.8 Å². The lowest BCUT2D eigenvalue weighted by Crippen LogP contribution is -2.60. The standard InChI is InChI=1S/C37H73NO8/c1-3-5-7-9-11-13-15-17-18-20-22-24-26-31(40)30(29-45-37-36(44)35(43)34(42)32(28-39)46-37)38-33(41)27-25-23-21-19-16-14-12-10-8-6-4-2/h30-32,34-37,39-40,42-44H,3-29H2,1-2H3,(H,38,41)/t30-,31+,32+,34-,35?,36?,37+/m0/s1. The molecule has 1 aliphatic rings. The summed E-state index contributed by atoms with van der Waals surface area (Å²) in [6.45, 7) is 3.80. The van der Waals surface area contributed by atoms with Gasteiger partial charge in [-0.15, -0.1) is 0 Å². The zero-order chi connectivity index (χ0) is 33.8. The van der Waals surface area contributed by atoms with Crippen molar-refractivity contribution in [2.45, 2.75) is 217 Å². The summed E-state index contributed by atoms with van der Waals surface area (Å²) < 4.78 is 11.2. The normalized spacial score (nSPS) is 23.0. The Morgan fingerprint density at radius 2 is 1.09 bits per heavy atom. The minimum Gasteiger partial charge on any atom is -0.394 e. The lowest BCUT2D eigenvalue weighted by Gasteiger charge is -2.40. The first-order chi connectivity index (χ1) is 22.3. The van der Waals surface area contributed by atoms with Gasteiger partial charge in [0, 0.05) is 6.42 Å². The van der Waals surface area contributed by atoms with E-state index in [1.807, 2.05) is 0 Å². The van der Waals surface area contributed by atoms with Crippen LogP contribution in [0.5, 0.6) is 0 Å². The maximum atomic E-state index is 12.8. The Labute approximate surface area is 281 Å². The quantitative estimate of drug-likeness (QED) is 0.0466. The number of nitrogens with one attached hydrogen (secondary N) is 1. The molecule has 0 aliphatic carbocycles. The molecule has 1 aliphatic heterocycles. The molecule has 6 N–H and O–H groups in total. The number of hydrogen-bond donors (Lipinski definition) is 6. The monoisotopic (exact) mass is 660 g/mol. The molecule has 1 rings (SSSR count). The van der Waals surface area contributed by atoms with Crippen molar-refractivity contribution in [2.75, 3.05) is 13.2 Å². The van der Waals surface area contributed by atoms with Gasteiger partial charge in [0.1, 0.15) is 24.4 Å². The number of carbonyl (C=O) groups excluding carboxylic acids is 1. The molecule has 0 radical (unpaired) electrons. The number of aliphatic hydroxyl groups is 5. The minimum absolute atomic E-state index is 0.133. The highest BCUT2D eigenvalue weighted by Crippen LogP contribution is 2.23. The van der Waals surface area contributed by atoms with Crippen molar-refractivity contribution in [1.82, 2.24) is 5.32 Å². The van der Waals surface area contributed by atoms with Crippen molar-refractivity contribution in [3.05, 3.63) is 0 Å². The smallest absolute Gasteiger partial charge is 0.220 e. The third kappa shape index (κ3) is 20.5. The maximum Gasteiger partial charge on any atom is 0.220 e. The molecule has 1 fully saturated rings. The molecule has 1 heterocycles. The van der Waals surface area contributed by atoms with Crippen LogP contribution in [0, 0.1) is 0 Å². The van der Waals surface area contributed by atoms with E-state index >= 15 is 0 Å². The van der Waals surface area contributed by atoms with Crippen LogP contribution in [0.25, 0.3) is 0 Å². The van der Waals surface area contributed by atoms with E-state index in [4.69, 9.17) is 9.47 Å². The molecule has 2 unspecified atom stereocenters. The van der Waals surface area contributed by atoms with Crippen LogP contribution in [-0.2, 0) is 14.3 Å². The van der Waals surface area contributed by atoms with E-state index in [-0.39, 0.29) is 12.5 Å². The van der Waals surface area contributed by atoms with Crippen LogP contribution in [0.3, 0.4) is 0 Å². The van der Waals surface area contributed by atoms with Crippen LogP contribution < -0.4 is 5.32 Å². The third-order valence-corrected chi connectivity index (χ3v) is 9.46. The van der Waals surface area contributed by atoms with Crippen molar-refractivity contribution in [3.8, 4) is 0 Å². The van der Waals surface area contributed by atoms with Crippen LogP contribution in [0.4, 0.5) is 0 Å². The van der Waals surface area contributed by atoms with Crippen LogP contribution in [-0.4, -0.2) is 87.5 Å². The summed E-state index contributed by atoms with van der Waals surface area (Å²) in [5.74, 6) is -0.146. The molecular weight excluding hydrogens is 586 g/mol. The molecular formula is C37H73NO8. The van der Waals surface area contributed by atoms with Crippen molar-refractivity contribution in [1.29, 1.82) is 0 Å². The van der Waals surface area contributed by atoms with Crippen LogP contribution in [0.2, 0.25) is 0 Å². The zero-order valence-electron chi connectivity index (χ0n) is 29.6. The highest BCUT2D eigenvalue weighted by atomic mass is 16.7. The Morgan fingerprint density at radius 3 is 1.54 bits per heavy atom. The first kappa shape index (κ1) is 43.2. The number of carbonyl (C=O) groups is 1. The summed E-state index contributed by atoms with van der Waals surface area (Å²) >= 11 is 0. The highest BCUT2D eigenvalue weighted by Gasteiger charge is 2.44. The van der Waals surface area contributed by atoms with Crippen LogP contribution >= 0.6 is 0 Å². The average molecular weight is 660 g/mol. The second-order valence-electron chi connectivity index (χ2n) is 13.7. The predicted octanol–water partition coefficient (Wildman–Crippen LogP) is 6.44. The highest BCUT2D eigenvalue weighted by molar-refractivity contribution is 5.76. The van der Waals surface area contributed by atoms with Crippen molar-refractivity contribution >= 4 is 5.91 Å². The zero-order valence-corrected chi connectivity index (χ0v) is 29.6. The van der Waals surface area contributed by atoms with Gasteiger partial charge in [0.15, 0.2) is 6.29 Å². The lowest BCUT2D eigenvalue weighted by atomic mass is 9.99. The molecule has 0 saturated carbocycles. The molecule has 9 nitrogen and oxygen atoms in total. The molecule has 274 valence electrons. The Morgan fingerprint density at radius 1 is 0.652 bits per heavy atom. The van der Waals surface area contributed by atoms with E-state index < -0.39 is 49.5 Å². The summed E-state index contributed by atoms with van der Waals surface area (Å²) in [4.78, 5) is 12.8. The Hall–Kier alpha value is -0.810. The van der Waals surface area contributed by atoms with Gasteiger partial charge in [-0.2, -0.15) is 0 Å². The van der Waals surface area contributed by atoms with Gasteiger partial charge in [-0.25, -0.2) is 0 Å². The lowest BCUT2D eigenvalue weighted by molar-refractivity contribution is -0.302. The van der Waals surface area contributed by atoms with Gasteiger partial charge in [-0.1, -0.05) is 155 Å². The van der Waals surface area contributed by atoms with Crippen LogP contribution in [0.15, 0.2) is 0 Å². The van der Waals surface area contributed by atoms with E-state index in [9.17, 15) is 30.3 Å². The molecule has 1 saturated heterocycles. The number of hydrogen-bond acceptors (Lipinski definition) is 8.